The molecule has 5 aromatic rings. The number of benzene rings is 1. The van der Waals surface area contributed by atoms with Crippen molar-refractivity contribution < 1.29 is 9.26 Å². The molecule has 2 aliphatic rings. The number of H-pyrrole nitrogens is 1. The molecule has 0 saturated heterocycles. The van der Waals surface area contributed by atoms with Gasteiger partial charge in [-0.05, 0) is 51.7 Å². The van der Waals surface area contributed by atoms with Crippen LogP contribution in [0.4, 0.5) is 17.6 Å². The first-order chi connectivity index (χ1) is 17.0. The standard InChI is InChI=1S/C25H26N8O2/c1-11-21(12(2)35-32-11)16-8-18-15(9-19(16)34-3)22-23(27-18)29-25(26)30-24(22)28-20-10-17(13-4-5-13)31-33(20)14-6-7-14/h8-10,13-14H,4-7H2,1-3H3,(H4,26,27,28,29,30). The summed E-state index contributed by atoms with van der Waals surface area (Å²) in [5.41, 5.74) is 11.5. The fourth-order valence-electron chi connectivity index (χ4n) is 4.97. The topological polar surface area (TPSA) is 133 Å². The molecule has 0 spiro atoms. The van der Waals surface area contributed by atoms with E-state index in [0.29, 0.717) is 23.4 Å². The molecular formula is C25H26N8O2. The number of methoxy groups -OCH3 is 1. The molecule has 10 heteroatoms. The summed E-state index contributed by atoms with van der Waals surface area (Å²) >= 11 is 0. The Balaban J connectivity index is 1.41. The number of aromatic amines is 1. The SMILES string of the molecule is COc1cc2c(cc1-c1c(C)noc1C)[nH]c1nc(N)nc(Nc3cc(C4CC4)nn3C3CC3)c12. The molecule has 35 heavy (non-hydrogen) atoms. The van der Waals surface area contributed by atoms with Crippen LogP contribution in [-0.4, -0.2) is 37.0 Å². The zero-order valence-electron chi connectivity index (χ0n) is 19.8. The third kappa shape index (κ3) is 3.23. The van der Waals surface area contributed by atoms with Crippen molar-refractivity contribution in [2.24, 2.45) is 0 Å². The number of hydrogen-bond donors (Lipinski definition) is 3. The average Bonchev–Trinajstić information content (AvgIpc) is 3.76. The predicted molar refractivity (Wildman–Crippen MR) is 133 cm³/mol. The summed E-state index contributed by atoms with van der Waals surface area (Å²) in [6, 6.07) is 6.65. The van der Waals surface area contributed by atoms with Crippen molar-refractivity contribution in [2.75, 3.05) is 18.2 Å². The Morgan fingerprint density at radius 1 is 1.14 bits per heavy atom. The van der Waals surface area contributed by atoms with Gasteiger partial charge in [0.05, 0.1) is 35.5 Å². The minimum absolute atomic E-state index is 0.198. The first kappa shape index (κ1) is 20.3. The molecule has 2 aliphatic carbocycles. The van der Waals surface area contributed by atoms with Gasteiger partial charge >= 0.3 is 0 Å². The summed E-state index contributed by atoms with van der Waals surface area (Å²) in [4.78, 5) is 12.5. The van der Waals surface area contributed by atoms with E-state index in [1.54, 1.807) is 7.11 Å². The van der Waals surface area contributed by atoms with E-state index in [2.05, 4.69) is 36.2 Å². The normalized spacial score (nSPS) is 15.9. The van der Waals surface area contributed by atoms with Gasteiger partial charge in [0.2, 0.25) is 5.95 Å². The zero-order chi connectivity index (χ0) is 23.8. The number of nitrogens with zero attached hydrogens (tertiary/aromatic N) is 5. The van der Waals surface area contributed by atoms with E-state index in [1.165, 1.54) is 12.8 Å². The summed E-state index contributed by atoms with van der Waals surface area (Å²) in [6.45, 7) is 3.82. The van der Waals surface area contributed by atoms with Gasteiger partial charge in [-0.3, -0.25) is 0 Å². The zero-order valence-corrected chi connectivity index (χ0v) is 19.8. The molecule has 7 rings (SSSR count). The molecule has 1 aromatic carbocycles. The third-order valence-corrected chi connectivity index (χ3v) is 6.98. The molecule has 2 saturated carbocycles. The van der Waals surface area contributed by atoms with Crippen molar-refractivity contribution >= 4 is 39.5 Å². The van der Waals surface area contributed by atoms with Crippen molar-refractivity contribution in [3.05, 3.63) is 35.3 Å². The van der Waals surface area contributed by atoms with Gasteiger partial charge < -0.3 is 25.3 Å². The van der Waals surface area contributed by atoms with E-state index in [-0.39, 0.29) is 5.95 Å². The quantitative estimate of drug-likeness (QED) is 0.311. The molecular weight excluding hydrogens is 444 g/mol. The fourth-order valence-corrected chi connectivity index (χ4v) is 4.97. The average molecular weight is 471 g/mol. The maximum absolute atomic E-state index is 6.13. The van der Waals surface area contributed by atoms with Crippen molar-refractivity contribution in [2.45, 2.75) is 51.5 Å². The number of anilines is 3. The van der Waals surface area contributed by atoms with Crippen LogP contribution in [0.25, 0.3) is 33.1 Å². The number of nitrogens with one attached hydrogen (secondary N) is 2. The van der Waals surface area contributed by atoms with Gasteiger partial charge in [-0.1, -0.05) is 5.16 Å². The van der Waals surface area contributed by atoms with Gasteiger partial charge in [0.15, 0.2) is 0 Å². The molecule has 4 heterocycles. The van der Waals surface area contributed by atoms with E-state index in [9.17, 15) is 0 Å². The van der Waals surface area contributed by atoms with E-state index >= 15 is 0 Å². The maximum Gasteiger partial charge on any atom is 0.224 e. The van der Waals surface area contributed by atoms with E-state index in [0.717, 1.165) is 69.0 Å². The first-order valence-corrected chi connectivity index (χ1v) is 12.0. The van der Waals surface area contributed by atoms with Gasteiger partial charge in [-0.25, -0.2) is 4.68 Å². The molecule has 0 aliphatic heterocycles. The lowest BCUT2D eigenvalue weighted by molar-refractivity contribution is 0.393. The summed E-state index contributed by atoms with van der Waals surface area (Å²) in [6.07, 6.45) is 4.72. The van der Waals surface area contributed by atoms with Crippen molar-refractivity contribution in [3.8, 4) is 16.9 Å². The number of aryl methyl sites for hydroxylation is 2. The third-order valence-electron chi connectivity index (χ3n) is 6.98. The second kappa shape index (κ2) is 7.21. The molecule has 0 atom stereocenters. The number of aromatic nitrogens is 6. The molecule has 2 fully saturated rings. The molecule has 4 aromatic heterocycles. The lowest BCUT2D eigenvalue weighted by Gasteiger charge is -2.11. The van der Waals surface area contributed by atoms with E-state index in [4.69, 9.17) is 20.1 Å². The highest BCUT2D eigenvalue weighted by Crippen LogP contribution is 2.45. The van der Waals surface area contributed by atoms with Gasteiger partial charge in [0.25, 0.3) is 0 Å². The molecule has 0 unspecified atom stereocenters. The van der Waals surface area contributed by atoms with Crippen LogP contribution in [0, 0.1) is 13.8 Å². The molecule has 10 nitrogen and oxygen atoms in total. The highest BCUT2D eigenvalue weighted by molar-refractivity contribution is 6.13. The molecule has 0 bridgehead atoms. The second-order valence-electron chi connectivity index (χ2n) is 9.61. The number of rotatable bonds is 6. The largest absolute Gasteiger partial charge is 0.496 e. The lowest BCUT2D eigenvalue weighted by atomic mass is 10.0. The summed E-state index contributed by atoms with van der Waals surface area (Å²) in [5, 5.41) is 14.4. The van der Waals surface area contributed by atoms with Crippen molar-refractivity contribution in [1.29, 1.82) is 0 Å². The van der Waals surface area contributed by atoms with Crippen LogP contribution in [0.2, 0.25) is 0 Å². The molecule has 0 amide bonds. The smallest absolute Gasteiger partial charge is 0.224 e. The summed E-state index contributed by atoms with van der Waals surface area (Å²) in [7, 11) is 1.67. The van der Waals surface area contributed by atoms with Gasteiger partial charge in [-0.2, -0.15) is 15.1 Å². The Morgan fingerprint density at radius 2 is 1.97 bits per heavy atom. The van der Waals surface area contributed by atoms with Crippen LogP contribution in [0.1, 0.15) is 54.8 Å². The molecule has 178 valence electrons. The minimum atomic E-state index is 0.198. The Bertz CT molecular complexity index is 1600. The Morgan fingerprint density at radius 3 is 2.66 bits per heavy atom. The molecule has 4 N–H and O–H groups in total. The number of fused-ring (bicyclic) bond motifs is 3. The summed E-state index contributed by atoms with van der Waals surface area (Å²) < 4.78 is 13.3. The fraction of sp³-hybridized carbons (Fsp3) is 0.360. The van der Waals surface area contributed by atoms with E-state index in [1.807, 2.05) is 26.0 Å². The highest BCUT2D eigenvalue weighted by atomic mass is 16.5. The Kier molecular flexibility index (Phi) is 4.18. The van der Waals surface area contributed by atoms with Crippen LogP contribution in [0.3, 0.4) is 0 Å². The number of nitrogens with two attached hydrogens (primary N) is 1. The van der Waals surface area contributed by atoms with Crippen molar-refractivity contribution in [1.82, 2.24) is 29.9 Å². The molecule has 0 radical (unpaired) electrons. The number of hydrogen-bond acceptors (Lipinski definition) is 8. The van der Waals surface area contributed by atoms with Crippen LogP contribution >= 0.6 is 0 Å². The van der Waals surface area contributed by atoms with Crippen LogP contribution in [-0.2, 0) is 0 Å². The van der Waals surface area contributed by atoms with Crippen LogP contribution < -0.4 is 15.8 Å². The summed E-state index contributed by atoms with van der Waals surface area (Å²) in [5.74, 6) is 3.82. The number of ether oxygens (including phenoxy) is 1. The Hall–Kier alpha value is -4.08. The Labute approximate surface area is 200 Å². The number of nitrogen functional groups attached to an aromatic ring is 1. The lowest BCUT2D eigenvalue weighted by Crippen LogP contribution is -2.06. The highest BCUT2D eigenvalue weighted by Gasteiger charge is 2.32. The second-order valence-corrected chi connectivity index (χ2v) is 9.61. The van der Waals surface area contributed by atoms with Crippen molar-refractivity contribution in [3.63, 3.8) is 0 Å². The van der Waals surface area contributed by atoms with Gasteiger partial charge in [0.1, 0.15) is 28.8 Å². The first-order valence-electron chi connectivity index (χ1n) is 12.0. The van der Waals surface area contributed by atoms with Gasteiger partial charge in [0, 0.05) is 28.5 Å². The van der Waals surface area contributed by atoms with Crippen LogP contribution in [0.15, 0.2) is 22.7 Å². The monoisotopic (exact) mass is 470 g/mol. The van der Waals surface area contributed by atoms with E-state index < -0.39 is 0 Å². The van der Waals surface area contributed by atoms with Gasteiger partial charge in [-0.15, -0.1) is 0 Å². The van der Waals surface area contributed by atoms with Crippen LogP contribution in [0.5, 0.6) is 5.75 Å². The minimum Gasteiger partial charge on any atom is -0.496 e. The maximum atomic E-state index is 6.13. The predicted octanol–water partition coefficient (Wildman–Crippen LogP) is 5.13.